The van der Waals surface area contributed by atoms with Crippen molar-refractivity contribution in [1.29, 1.82) is 0 Å². The number of aryl methyl sites for hydroxylation is 1. The van der Waals surface area contributed by atoms with E-state index in [-0.39, 0.29) is 24.8 Å². The molecule has 1 fully saturated rings. The Morgan fingerprint density at radius 3 is 2.58 bits per heavy atom. The minimum absolute atomic E-state index is 0. The first-order valence-electron chi connectivity index (χ1n) is 11.1. The molecule has 0 radical (unpaired) electrons. The number of anilines is 1. The molecule has 0 atom stereocenters. The van der Waals surface area contributed by atoms with Gasteiger partial charge in [0, 0.05) is 25.0 Å². The summed E-state index contributed by atoms with van der Waals surface area (Å²) in [4.78, 5) is 14.9. The summed E-state index contributed by atoms with van der Waals surface area (Å²) >= 11 is 5.46. The summed E-state index contributed by atoms with van der Waals surface area (Å²) < 4.78 is 2.85. The molecule has 6 nitrogen and oxygen atoms in total. The van der Waals surface area contributed by atoms with Gasteiger partial charge in [-0.3, -0.25) is 4.90 Å². The molecule has 4 aromatic rings. The van der Waals surface area contributed by atoms with Crippen LogP contribution >= 0.6 is 37.0 Å². The second kappa shape index (κ2) is 11.3. The fourth-order valence-electron chi connectivity index (χ4n) is 4.59. The van der Waals surface area contributed by atoms with Crippen molar-refractivity contribution in [3.05, 3.63) is 59.1 Å². The molecule has 2 aromatic carbocycles. The Balaban J connectivity index is 0.00000153. The average molecular weight is 506 g/mol. The van der Waals surface area contributed by atoms with Crippen LogP contribution in [0, 0.1) is 10.7 Å². The van der Waals surface area contributed by atoms with E-state index in [1.807, 2.05) is 0 Å². The van der Waals surface area contributed by atoms with Crippen molar-refractivity contribution >= 4 is 64.8 Å². The standard InChI is InChI=1S/C24H28N6S.2ClH/c1-2-30-22-13-20-19(12-21(22)28-24(30)31)23(27-16-26-20)25-14-17-8-10-29(11-9-17)15-18-6-4-3-5-7-18;;/h3-7,12-13,16-17H,2,8-11,14-15H2,1H3,(H,28,31)(H,25,26,27);2*1H. The molecule has 0 bridgehead atoms. The van der Waals surface area contributed by atoms with E-state index in [2.05, 4.69) is 79.1 Å². The van der Waals surface area contributed by atoms with E-state index < -0.39 is 0 Å². The second-order valence-corrected chi connectivity index (χ2v) is 8.76. The number of piperidine rings is 1. The fraction of sp³-hybridized carbons (Fsp3) is 0.375. The van der Waals surface area contributed by atoms with E-state index in [1.54, 1.807) is 6.33 Å². The second-order valence-electron chi connectivity index (χ2n) is 8.37. The van der Waals surface area contributed by atoms with Gasteiger partial charge in [0.05, 0.1) is 16.6 Å². The van der Waals surface area contributed by atoms with Crippen LogP contribution < -0.4 is 5.32 Å². The maximum Gasteiger partial charge on any atom is 0.178 e. The Hall–Kier alpha value is -2.19. The fourth-order valence-corrected chi connectivity index (χ4v) is 4.93. The number of fused-ring (bicyclic) bond motifs is 2. The Labute approximate surface area is 211 Å². The lowest BCUT2D eigenvalue weighted by Crippen LogP contribution is -2.35. The molecular formula is C24H30Cl2N6S. The molecule has 1 aliphatic heterocycles. The third kappa shape index (κ3) is 5.49. The van der Waals surface area contributed by atoms with Crippen molar-refractivity contribution in [3.63, 3.8) is 0 Å². The van der Waals surface area contributed by atoms with E-state index in [1.165, 1.54) is 18.4 Å². The van der Waals surface area contributed by atoms with Crippen LogP contribution in [0.1, 0.15) is 25.3 Å². The minimum atomic E-state index is 0. The van der Waals surface area contributed by atoms with Gasteiger partial charge in [-0.25, -0.2) is 9.97 Å². The summed E-state index contributed by atoms with van der Waals surface area (Å²) in [5.41, 5.74) is 4.47. The number of nitrogens with one attached hydrogen (secondary N) is 2. The molecule has 2 aromatic heterocycles. The molecule has 0 amide bonds. The number of H-pyrrole nitrogens is 1. The molecule has 5 rings (SSSR count). The summed E-state index contributed by atoms with van der Waals surface area (Å²) in [5, 5.41) is 4.64. The van der Waals surface area contributed by atoms with Crippen LogP contribution in [0.5, 0.6) is 0 Å². The number of halogens is 2. The van der Waals surface area contributed by atoms with Crippen molar-refractivity contribution in [3.8, 4) is 0 Å². The van der Waals surface area contributed by atoms with Crippen molar-refractivity contribution in [2.45, 2.75) is 32.9 Å². The van der Waals surface area contributed by atoms with Crippen molar-refractivity contribution < 1.29 is 0 Å². The summed E-state index contributed by atoms with van der Waals surface area (Å²) in [6.45, 7) is 7.22. The van der Waals surface area contributed by atoms with Crippen LogP contribution in [0.15, 0.2) is 48.8 Å². The molecule has 33 heavy (non-hydrogen) atoms. The molecule has 0 spiro atoms. The predicted octanol–water partition coefficient (Wildman–Crippen LogP) is 5.83. The third-order valence-electron chi connectivity index (χ3n) is 6.36. The van der Waals surface area contributed by atoms with Crippen LogP contribution in [0.4, 0.5) is 5.82 Å². The number of imidazole rings is 1. The molecular weight excluding hydrogens is 475 g/mol. The predicted molar refractivity (Wildman–Crippen MR) is 143 cm³/mol. The van der Waals surface area contributed by atoms with Crippen LogP contribution in [-0.2, 0) is 13.1 Å². The number of aromatic nitrogens is 4. The zero-order chi connectivity index (χ0) is 21.2. The van der Waals surface area contributed by atoms with Gasteiger partial charge in [0.25, 0.3) is 0 Å². The number of nitrogens with zero attached hydrogens (tertiary/aromatic N) is 4. The first-order chi connectivity index (χ1) is 15.2. The molecule has 0 aliphatic carbocycles. The highest BCUT2D eigenvalue weighted by molar-refractivity contribution is 7.71. The average Bonchev–Trinajstić information content (AvgIpc) is 3.11. The highest BCUT2D eigenvalue weighted by Crippen LogP contribution is 2.27. The Kier molecular flexibility index (Phi) is 8.70. The minimum Gasteiger partial charge on any atom is -0.369 e. The zero-order valence-electron chi connectivity index (χ0n) is 18.7. The maximum atomic E-state index is 5.46. The smallest absolute Gasteiger partial charge is 0.178 e. The topological polar surface area (TPSA) is 61.8 Å². The highest BCUT2D eigenvalue weighted by atomic mass is 35.5. The van der Waals surface area contributed by atoms with Crippen LogP contribution in [0.25, 0.3) is 21.9 Å². The molecule has 1 aliphatic rings. The number of rotatable bonds is 6. The van der Waals surface area contributed by atoms with E-state index in [0.717, 1.165) is 65.2 Å². The van der Waals surface area contributed by atoms with Crippen LogP contribution in [0.3, 0.4) is 0 Å². The normalized spacial score (nSPS) is 14.7. The quantitative estimate of drug-likeness (QED) is 0.323. The number of benzene rings is 2. The van der Waals surface area contributed by atoms with Gasteiger partial charge < -0.3 is 14.9 Å². The Bertz CT molecular complexity index is 1250. The number of hydrogen-bond donors (Lipinski definition) is 2. The lowest BCUT2D eigenvalue weighted by atomic mass is 9.96. The third-order valence-corrected chi connectivity index (χ3v) is 6.68. The van der Waals surface area contributed by atoms with E-state index in [9.17, 15) is 0 Å². The van der Waals surface area contributed by atoms with Crippen LogP contribution in [-0.4, -0.2) is 44.1 Å². The lowest BCUT2D eigenvalue weighted by Gasteiger charge is -2.32. The summed E-state index contributed by atoms with van der Waals surface area (Å²) in [6, 6.07) is 15.0. The van der Waals surface area contributed by atoms with Crippen LogP contribution in [0.2, 0.25) is 0 Å². The van der Waals surface area contributed by atoms with Gasteiger partial charge in [-0.2, -0.15) is 0 Å². The summed E-state index contributed by atoms with van der Waals surface area (Å²) in [6.07, 6.45) is 4.07. The largest absolute Gasteiger partial charge is 0.369 e. The van der Waals surface area contributed by atoms with Gasteiger partial charge in [-0.1, -0.05) is 30.3 Å². The van der Waals surface area contributed by atoms with E-state index >= 15 is 0 Å². The van der Waals surface area contributed by atoms with Gasteiger partial charge in [0.2, 0.25) is 0 Å². The first-order valence-corrected chi connectivity index (χ1v) is 11.5. The molecule has 176 valence electrons. The number of hydrogen-bond acceptors (Lipinski definition) is 5. The lowest BCUT2D eigenvalue weighted by molar-refractivity contribution is 0.182. The van der Waals surface area contributed by atoms with Crippen molar-refractivity contribution in [2.75, 3.05) is 25.0 Å². The molecule has 2 N–H and O–H groups in total. The molecule has 9 heteroatoms. The Morgan fingerprint density at radius 2 is 1.85 bits per heavy atom. The summed E-state index contributed by atoms with van der Waals surface area (Å²) in [7, 11) is 0. The van der Waals surface area contributed by atoms with E-state index in [0.29, 0.717) is 5.92 Å². The van der Waals surface area contributed by atoms with Gasteiger partial charge >= 0.3 is 0 Å². The Morgan fingerprint density at radius 1 is 1.09 bits per heavy atom. The summed E-state index contributed by atoms with van der Waals surface area (Å²) in [5.74, 6) is 1.56. The van der Waals surface area contributed by atoms with Gasteiger partial charge in [-0.05, 0) is 68.7 Å². The van der Waals surface area contributed by atoms with Gasteiger partial charge in [0.1, 0.15) is 12.1 Å². The zero-order valence-corrected chi connectivity index (χ0v) is 21.1. The van der Waals surface area contributed by atoms with Gasteiger partial charge in [0.15, 0.2) is 4.77 Å². The number of aromatic amines is 1. The van der Waals surface area contributed by atoms with E-state index in [4.69, 9.17) is 12.2 Å². The maximum absolute atomic E-state index is 5.46. The number of likely N-dealkylation sites (tertiary alicyclic amines) is 1. The molecule has 0 saturated carbocycles. The first kappa shape index (κ1) is 25.4. The monoisotopic (exact) mass is 504 g/mol. The SMILES string of the molecule is CCn1c(=S)[nH]c2cc3c(NCC4CCN(Cc5ccccc5)CC4)ncnc3cc21.Cl.Cl. The highest BCUT2D eigenvalue weighted by Gasteiger charge is 2.19. The van der Waals surface area contributed by atoms with Crippen molar-refractivity contribution in [1.82, 2.24) is 24.4 Å². The van der Waals surface area contributed by atoms with Crippen molar-refractivity contribution in [2.24, 2.45) is 5.92 Å². The molecule has 3 heterocycles. The molecule has 1 saturated heterocycles. The molecule has 0 unspecified atom stereocenters. The van der Waals surface area contributed by atoms with Gasteiger partial charge in [-0.15, -0.1) is 24.8 Å².